The average molecular weight is 422 g/mol. The third-order valence-electron chi connectivity index (χ3n) is 5.71. The molecule has 0 radical (unpaired) electrons. The number of hydrogen-bond donors (Lipinski definition) is 2. The van der Waals surface area contributed by atoms with Crippen LogP contribution in [-0.2, 0) is 19.6 Å². The van der Waals surface area contributed by atoms with Crippen LogP contribution in [0.25, 0.3) is 10.9 Å². The molecule has 2 fully saturated rings. The summed E-state index contributed by atoms with van der Waals surface area (Å²) < 4.78 is 0. The maximum Gasteiger partial charge on any atom is 0.246 e. The van der Waals surface area contributed by atoms with Crippen LogP contribution >= 0.6 is 11.6 Å². The lowest BCUT2D eigenvalue weighted by atomic mass is 10.1. The van der Waals surface area contributed by atoms with E-state index < -0.39 is 11.6 Å². The highest BCUT2D eigenvalue weighted by Gasteiger charge is 2.50. The molecule has 1 aliphatic heterocycles. The molecule has 2 aliphatic rings. The number of anilines is 1. The van der Waals surface area contributed by atoms with E-state index in [0.29, 0.717) is 11.6 Å². The number of hydrogen-bond acceptors (Lipinski definition) is 7. The van der Waals surface area contributed by atoms with Crippen LogP contribution in [0.2, 0.25) is 5.02 Å². The Morgan fingerprint density at radius 3 is 2.55 bits per heavy atom. The van der Waals surface area contributed by atoms with Gasteiger partial charge in [0.15, 0.2) is 0 Å². The zero-order valence-corrected chi connectivity index (χ0v) is 17.8. The second-order valence-corrected chi connectivity index (χ2v) is 8.60. The molecule has 2 aromatic rings. The molecule has 29 heavy (non-hydrogen) atoms. The van der Waals surface area contributed by atoms with Gasteiger partial charge in [0.05, 0.1) is 11.6 Å². The number of halogens is 1. The Morgan fingerprint density at radius 2 is 1.83 bits per heavy atom. The van der Waals surface area contributed by atoms with Gasteiger partial charge in [-0.1, -0.05) is 11.6 Å². The predicted molar refractivity (Wildman–Crippen MR) is 111 cm³/mol. The fourth-order valence-electron chi connectivity index (χ4n) is 3.67. The number of benzene rings is 1. The van der Waals surface area contributed by atoms with Crippen molar-refractivity contribution in [2.75, 3.05) is 11.9 Å². The topological polar surface area (TPSA) is 73.9 Å². The van der Waals surface area contributed by atoms with Crippen LogP contribution in [0.1, 0.15) is 46.5 Å². The Bertz CT molecular complexity index is 849. The first-order valence-corrected chi connectivity index (χ1v) is 10.5. The Labute approximate surface area is 175 Å². The highest BCUT2D eigenvalue weighted by atomic mass is 35.5. The van der Waals surface area contributed by atoms with Crippen molar-refractivity contribution >= 4 is 28.2 Å². The largest absolute Gasteiger partial charge is 0.381 e. The van der Waals surface area contributed by atoms with Crippen LogP contribution in [0.3, 0.4) is 0 Å². The molecule has 2 heterocycles. The van der Waals surface area contributed by atoms with Gasteiger partial charge in [-0.05, 0) is 57.9 Å². The van der Waals surface area contributed by atoms with Gasteiger partial charge in [-0.3, -0.25) is 4.98 Å². The minimum atomic E-state index is -1.02. The molecule has 158 valence electrons. The van der Waals surface area contributed by atoms with E-state index in [1.54, 1.807) is 6.20 Å². The Balaban J connectivity index is 1.32. The summed E-state index contributed by atoms with van der Waals surface area (Å²) in [6.45, 7) is 6.58. The third kappa shape index (κ3) is 4.50. The number of nitrogens with one attached hydrogen (secondary N) is 2. The lowest BCUT2D eigenvalue weighted by molar-refractivity contribution is -0.655. The molecule has 7 nitrogen and oxygen atoms in total. The SMILES string of the molecule is CC(CNC(C)C1(C)OOC2(CCCC2)OO1)Nc1ccnc2cc(Cl)ccc12. The van der Waals surface area contributed by atoms with E-state index in [1.165, 1.54) is 0 Å². The quantitative estimate of drug-likeness (QED) is 0.662. The monoisotopic (exact) mass is 421 g/mol. The molecule has 0 amide bonds. The molecular formula is C21H28ClN3O4. The van der Waals surface area contributed by atoms with Gasteiger partial charge in [-0.2, -0.15) is 19.6 Å². The molecule has 1 aromatic heterocycles. The van der Waals surface area contributed by atoms with Crippen LogP contribution in [0, 0.1) is 0 Å². The van der Waals surface area contributed by atoms with Gasteiger partial charge < -0.3 is 10.6 Å². The summed E-state index contributed by atoms with van der Waals surface area (Å²) in [5.41, 5.74) is 1.88. The van der Waals surface area contributed by atoms with E-state index in [2.05, 4.69) is 22.5 Å². The lowest BCUT2D eigenvalue weighted by Gasteiger charge is -2.42. The normalized spacial score (nSPS) is 22.6. The van der Waals surface area contributed by atoms with E-state index in [1.807, 2.05) is 38.1 Å². The molecule has 1 saturated heterocycles. The molecule has 1 spiro atoms. The van der Waals surface area contributed by atoms with Gasteiger partial charge in [0, 0.05) is 47.7 Å². The van der Waals surface area contributed by atoms with Gasteiger partial charge in [0.1, 0.15) is 0 Å². The molecule has 1 aliphatic carbocycles. The van der Waals surface area contributed by atoms with Crippen molar-refractivity contribution in [2.45, 2.75) is 70.1 Å². The van der Waals surface area contributed by atoms with E-state index >= 15 is 0 Å². The molecule has 1 saturated carbocycles. The third-order valence-corrected chi connectivity index (χ3v) is 5.94. The van der Waals surface area contributed by atoms with Crippen molar-refractivity contribution in [1.29, 1.82) is 0 Å². The highest BCUT2D eigenvalue weighted by Crippen LogP contribution is 2.41. The summed E-state index contributed by atoms with van der Waals surface area (Å²) >= 11 is 6.07. The number of fused-ring (bicyclic) bond motifs is 1. The number of pyridine rings is 1. The van der Waals surface area contributed by atoms with Gasteiger partial charge in [0.2, 0.25) is 11.6 Å². The van der Waals surface area contributed by atoms with E-state index in [-0.39, 0.29) is 12.1 Å². The first-order valence-electron chi connectivity index (χ1n) is 10.2. The Hall–Kier alpha value is -1.48. The summed E-state index contributed by atoms with van der Waals surface area (Å²) in [5, 5.41) is 8.67. The van der Waals surface area contributed by atoms with Crippen LogP contribution in [0.15, 0.2) is 30.5 Å². The second-order valence-electron chi connectivity index (χ2n) is 8.16. The van der Waals surface area contributed by atoms with Crippen LogP contribution < -0.4 is 10.6 Å². The maximum absolute atomic E-state index is 6.07. The molecule has 2 N–H and O–H groups in total. The average Bonchev–Trinajstić information content (AvgIpc) is 3.17. The zero-order valence-electron chi connectivity index (χ0n) is 17.0. The standard InChI is InChI=1S/C21H28ClN3O4/c1-14(25-18-8-11-23-19-12-16(22)6-7-17(18)19)13-24-15(2)20(3)26-28-21(29-27-20)9-4-5-10-21/h6-8,11-12,14-15,24H,4-5,9-10,13H2,1-3H3,(H,23,25). The molecule has 2 unspecified atom stereocenters. The van der Waals surface area contributed by atoms with Crippen LogP contribution in [-0.4, -0.2) is 35.2 Å². The molecule has 8 heteroatoms. The first kappa shape index (κ1) is 20.8. The maximum atomic E-state index is 6.07. The van der Waals surface area contributed by atoms with Gasteiger partial charge in [-0.25, -0.2) is 0 Å². The Kier molecular flexibility index (Phi) is 5.97. The molecule has 0 bridgehead atoms. The molecular weight excluding hydrogens is 394 g/mol. The zero-order chi connectivity index (χ0) is 20.5. The van der Waals surface area contributed by atoms with Crippen LogP contribution in [0.5, 0.6) is 0 Å². The van der Waals surface area contributed by atoms with Gasteiger partial charge in [0.25, 0.3) is 0 Å². The summed E-state index contributed by atoms with van der Waals surface area (Å²) in [6.07, 6.45) is 5.46. The molecule has 4 rings (SSSR count). The minimum absolute atomic E-state index is 0.147. The van der Waals surface area contributed by atoms with E-state index in [4.69, 9.17) is 31.2 Å². The van der Waals surface area contributed by atoms with Crippen molar-refractivity contribution in [3.8, 4) is 0 Å². The van der Waals surface area contributed by atoms with E-state index in [0.717, 1.165) is 42.3 Å². The Morgan fingerprint density at radius 1 is 1.10 bits per heavy atom. The summed E-state index contributed by atoms with van der Waals surface area (Å²) in [7, 11) is 0. The van der Waals surface area contributed by atoms with Crippen molar-refractivity contribution in [1.82, 2.24) is 10.3 Å². The number of aromatic nitrogens is 1. The van der Waals surface area contributed by atoms with Crippen molar-refractivity contribution in [3.63, 3.8) is 0 Å². The predicted octanol–water partition coefficient (Wildman–Crippen LogP) is 4.56. The summed E-state index contributed by atoms with van der Waals surface area (Å²) in [5.74, 6) is -1.76. The molecule has 1 aromatic carbocycles. The lowest BCUT2D eigenvalue weighted by Crippen LogP contribution is -2.58. The van der Waals surface area contributed by atoms with E-state index in [9.17, 15) is 0 Å². The van der Waals surface area contributed by atoms with Crippen molar-refractivity contribution < 1.29 is 19.6 Å². The number of nitrogens with zero attached hydrogens (tertiary/aromatic N) is 1. The van der Waals surface area contributed by atoms with Gasteiger partial charge >= 0.3 is 0 Å². The minimum Gasteiger partial charge on any atom is -0.381 e. The number of rotatable bonds is 6. The van der Waals surface area contributed by atoms with Crippen LogP contribution in [0.4, 0.5) is 5.69 Å². The van der Waals surface area contributed by atoms with Gasteiger partial charge in [-0.15, -0.1) is 0 Å². The second kappa shape index (κ2) is 8.34. The smallest absolute Gasteiger partial charge is 0.246 e. The summed E-state index contributed by atoms with van der Waals surface area (Å²) in [6, 6.07) is 7.68. The fourth-order valence-corrected chi connectivity index (χ4v) is 3.84. The first-order chi connectivity index (χ1) is 13.9. The molecule has 2 atom stereocenters. The highest BCUT2D eigenvalue weighted by molar-refractivity contribution is 6.31. The van der Waals surface area contributed by atoms with Crippen molar-refractivity contribution in [3.05, 3.63) is 35.5 Å². The van der Waals surface area contributed by atoms with Crippen molar-refractivity contribution in [2.24, 2.45) is 0 Å². The summed E-state index contributed by atoms with van der Waals surface area (Å²) in [4.78, 5) is 26.9. The fraction of sp³-hybridized carbons (Fsp3) is 0.571.